The largest absolute Gasteiger partial charge is 0.481 e. The topological polar surface area (TPSA) is 193 Å². The predicted octanol–water partition coefficient (Wildman–Crippen LogP) is 1.99. The fourth-order valence-electron chi connectivity index (χ4n) is 4.74. The van der Waals surface area contributed by atoms with Gasteiger partial charge in [-0.2, -0.15) is 8.42 Å². The molecule has 190 valence electrons. The Kier molecular flexibility index (Phi) is 6.83. The molecule has 0 radical (unpaired) electrons. The second kappa shape index (κ2) is 9.70. The van der Waals surface area contributed by atoms with Gasteiger partial charge in [-0.1, -0.05) is 24.3 Å². The molecular weight excluding hydrogens is 490 g/mol. The van der Waals surface area contributed by atoms with Crippen LogP contribution in [0.4, 0.5) is 11.4 Å². The molecule has 0 bridgehead atoms. The minimum Gasteiger partial charge on any atom is -0.481 e. The molecule has 0 unspecified atom stereocenters. The molecule has 1 amide bonds. The highest BCUT2D eigenvalue weighted by atomic mass is 32.2. The van der Waals surface area contributed by atoms with Crippen LogP contribution in [-0.2, 0) is 19.7 Å². The van der Waals surface area contributed by atoms with Gasteiger partial charge in [0.25, 0.3) is 10.1 Å². The Hall–Kier alpha value is -3.77. The van der Waals surface area contributed by atoms with Crippen LogP contribution in [-0.4, -0.2) is 53.6 Å². The van der Waals surface area contributed by atoms with Gasteiger partial charge in [0.05, 0.1) is 23.2 Å². The van der Waals surface area contributed by atoms with Crippen molar-refractivity contribution in [3.8, 4) is 0 Å². The second-order valence-electron chi connectivity index (χ2n) is 8.92. The number of carbonyl (C=O) groups excluding carboxylic acids is 3. The third-order valence-corrected chi connectivity index (χ3v) is 7.39. The lowest BCUT2D eigenvalue weighted by atomic mass is 9.82. The molecule has 0 spiro atoms. The summed E-state index contributed by atoms with van der Waals surface area (Å²) in [5.41, 5.74) is 5.53. The Morgan fingerprint density at radius 1 is 0.944 bits per heavy atom. The lowest BCUT2D eigenvalue weighted by molar-refractivity contribution is -0.139. The summed E-state index contributed by atoms with van der Waals surface area (Å²) < 4.78 is 33.8. The molecule has 6 N–H and O–H groups in total. The zero-order valence-corrected chi connectivity index (χ0v) is 19.9. The van der Waals surface area contributed by atoms with Gasteiger partial charge in [-0.3, -0.25) is 23.7 Å². The van der Waals surface area contributed by atoms with Crippen LogP contribution in [0.1, 0.15) is 70.4 Å². The maximum absolute atomic E-state index is 13.4. The van der Waals surface area contributed by atoms with Crippen molar-refractivity contribution < 1.29 is 37.3 Å². The van der Waals surface area contributed by atoms with E-state index in [2.05, 4.69) is 10.6 Å². The fourth-order valence-corrected chi connectivity index (χ4v) is 5.39. The number of fused-ring (bicyclic) bond motifs is 2. The minimum atomic E-state index is -4.80. The van der Waals surface area contributed by atoms with Gasteiger partial charge in [-0.05, 0) is 31.7 Å². The van der Waals surface area contributed by atoms with Gasteiger partial charge >= 0.3 is 5.97 Å². The number of carboxylic acids is 1. The molecule has 2 aliphatic rings. The van der Waals surface area contributed by atoms with Crippen molar-refractivity contribution in [1.82, 2.24) is 5.32 Å². The molecule has 1 fully saturated rings. The van der Waals surface area contributed by atoms with E-state index < -0.39 is 38.2 Å². The summed E-state index contributed by atoms with van der Waals surface area (Å²) in [6.45, 7) is 0. The summed E-state index contributed by atoms with van der Waals surface area (Å²) in [4.78, 5) is 48.5. The number of nitrogen functional groups attached to an aromatic ring is 1. The van der Waals surface area contributed by atoms with Crippen molar-refractivity contribution in [3.05, 3.63) is 52.6 Å². The van der Waals surface area contributed by atoms with Crippen molar-refractivity contribution in [2.45, 2.75) is 55.5 Å². The van der Waals surface area contributed by atoms with E-state index >= 15 is 0 Å². The third-order valence-electron chi connectivity index (χ3n) is 6.50. The van der Waals surface area contributed by atoms with Crippen LogP contribution < -0.4 is 16.4 Å². The summed E-state index contributed by atoms with van der Waals surface area (Å²) in [6.07, 6.45) is 1.85. The van der Waals surface area contributed by atoms with E-state index in [-0.39, 0.29) is 58.8 Å². The van der Waals surface area contributed by atoms with Crippen molar-refractivity contribution in [2.24, 2.45) is 0 Å². The first kappa shape index (κ1) is 25.3. The van der Waals surface area contributed by atoms with Crippen LogP contribution in [0.25, 0.3) is 0 Å². The van der Waals surface area contributed by atoms with E-state index in [1.807, 2.05) is 0 Å². The predicted molar refractivity (Wildman–Crippen MR) is 129 cm³/mol. The Morgan fingerprint density at radius 2 is 1.50 bits per heavy atom. The molecular formula is C24H25N3O8S. The Labute approximate surface area is 206 Å². The highest BCUT2D eigenvalue weighted by Gasteiger charge is 2.37. The molecule has 0 aliphatic heterocycles. The first-order valence-corrected chi connectivity index (χ1v) is 12.8. The van der Waals surface area contributed by atoms with Crippen molar-refractivity contribution >= 4 is 44.9 Å². The molecule has 0 heterocycles. The van der Waals surface area contributed by atoms with Gasteiger partial charge in [-0.15, -0.1) is 0 Å². The van der Waals surface area contributed by atoms with Gasteiger partial charge in [0.2, 0.25) is 5.91 Å². The van der Waals surface area contributed by atoms with Gasteiger partial charge in [0.1, 0.15) is 4.90 Å². The summed E-state index contributed by atoms with van der Waals surface area (Å²) in [5, 5.41) is 14.7. The highest BCUT2D eigenvalue weighted by Crippen LogP contribution is 2.40. The molecule has 2 aliphatic carbocycles. The number of hydrogen-bond donors (Lipinski definition) is 5. The van der Waals surface area contributed by atoms with E-state index in [0.717, 1.165) is 6.07 Å². The minimum absolute atomic E-state index is 0.0484. The molecule has 2 aromatic rings. The summed E-state index contributed by atoms with van der Waals surface area (Å²) in [6, 6.07) is 6.86. The normalized spacial score (nSPS) is 19.2. The average molecular weight is 516 g/mol. The zero-order chi connectivity index (χ0) is 26.2. The van der Waals surface area contributed by atoms with E-state index in [1.165, 1.54) is 12.1 Å². The first-order valence-electron chi connectivity index (χ1n) is 11.4. The van der Waals surface area contributed by atoms with Crippen LogP contribution >= 0.6 is 0 Å². The molecule has 2 aromatic carbocycles. The standard InChI is InChI=1S/C24H25N3O8S/c25-22-17(36(33,34)35)11-16(20-21(22)24(32)15-4-2-1-3-14(15)23(20)31)26-12-5-7-13(8-6-12)27-18(28)9-10-19(29)30/h1-4,11-13,26H,5-10,25H2,(H,27,28)(H,29,30)(H,33,34,35). The Bertz CT molecular complexity index is 1380. The monoisotopic (exact) mass is 515 g/mol. The summed E-state index contributed by atoms with van der Waals surface area (Å²) >= 11 is 0. The number of rotatable bonds is 7. The Balaban J connectivity index is 1.60. The number of benzene rings is 2. The third kappa shape index (κ3) is 4.95. The average Bonchev–Trinajstić information content (AvgIpc) is 2.82. The van der Waals surface area contributed by atoms with Crippen LogP contribution in [0.5, 0.6) is 0 Å². The first-order chi connectivity index (χ1) is 17.0. The van der Waals surface area contributed by atoms with Gasteiger partial charge in [-0.25, -0.2) is 0 Å². The molecule has 1 saturated carbocycles. The summed E-state index contributed by atoms with van der Waals surface area (Å²) in [7, 11) is -4.80. The number of amides is 1. The van der Waals surface area contributed by atoms with Crippen molar-refractivity contribution in [3.63, 3.8) is 0 Å². The van der Waals surface area contributed by atoms with Crippen molar-refractivity contribution in [1.29, 1.82) is 0 Å². The number of carboxylic acid groups (broad SMARTS) is 1. The number of nitrogens with one attached hydrogen (secondary N) is 2. The van der Waals surface area contributed by atoms with Crippen LogP contribution in [0, 0.1) is 0 Å². The SMILES string of the molecule is Nc1c(S(=O)(=O)O)cc(NC2CCC(NC(=O)CCC(=O)O)CC2)c2c1C(=O)c1ccccc1C2=O. The second-order valence-corrected chi connectivity index (χ2v) is 10.3. The van der Waals surface area contributed by atoms with E-state index in [9.17, 15) is 32.1 Å². The molecule has 12 heteroatoms. The summed E-state index contributed by atoms with van der Waals surface area (Å²) in [5.74, 6) is -2.50. The van der Waals surface area contributed by atoms with Crippen molar-refractivity contribution in [2.75, 3.05) is 11.1 Å². The van der Waals surface area contributed by atoms with Crippen LogP contribution in [0.3, 0.4) is 0 Å². The maximum Gasteiger partial charge on any atom is 0.303 e. The van der Waals surface area contributed by atoms with Crippen LogP contribution in [0.15, 0.2) is 35.2 Å². The molecule has 0 saturated heterocycles. The van der Waals surface area contributed by atoms with Gasteiger partial charge in [0, 0.05) is 35.3 Å². The van der Waals surface area contributed by atoms with Gasteiger partial charge < -0.3 is 21.5 Å². The lowest BCUT2D eigenvalue weighted by Gasteiger charge is -2.32. The number of carbonyl (C=O) groups is 4. The highest BCUT2D eigenvalue weighted by molar-refractivity contribution is 7.86. The smallest absolute Gasteiger partial charge is 0.303 e. The molecule has 0 aromatic heterocycles. The molecule has 0 atom stereocenters. The number of anilines is 2. The van der Waals surface area contributed by atoms with E-state index in [1.54, 1.807) is 12.1 Å². The fraction of sp³-hybridized carbons (Fsp3) is 0.333. The molecule has 36 heavy (non-hydrogen) atoms. The number of hydrogen-bond acceptors (Lipinski definition) is 8. The van der Waals surface area contributed by atoms with E-state index in [4.69, 9.17) is 10.8 Å². The quantitative estimate of drug-likeness (QED) is 0.229. The van der Waals surface area contributed by atoms with Gasteiger partial charge in [0.15, 0.2) is 11.6 Å². The van der Waals surface area contributed by atoms with Crippen LogP contribution in [0.2, 0.25) is 0 Å². The number of aliphatic carboxylic acids is 1. The molecule has 11 nitrogen and oxygen atoms in total. The molecule has 4 rings (SSSR count). The number of nitrogens with two attached hydrogens (primary N) is 1. The Morgan fingerprint density at radius 3 is 2.06 bits per heavy atom. The lowest BCUT2D eigenvalue weighted by Crippen LogP contribution is -2.40. The van der Waals surface area contributed by atoms with E-state index in [0.29, 0.717) is 25.7 Å². The zero-order valence-electron chi connectivity index (χ0n) is 19.1. The maximum atomic E-state index is 13.4. The number of ketones is 2.